The first-order valence-electron chi connectivity index (χ1n) is 7.10. The number of hydrogen-bond acceptors (Lipinski definition) is 2. The zero-order valence-electron chi connectivity index (χ0n) is 10.7. The predicted octanol–water partition coefficient (Wildman–Crippen LogP) is 2.43. The van der Waals surface area contributed by atoms with Gasteiger partial charge in [0, 0.05) is 19.3 Å². The van der Waals surface area contributed by atoms with Gasteiger partial charge < -0.3 is 5.32 Å². The summed E-state index contributed by atoms with van der Waals surface area (Å²) in [5.41, 5.74) is 1.32. The summed E-state index contributed by atoms with van der Waals surface area (Å²) in [5.74, 6) is 3.06. The number of aromatic nitrogens is 2. The van der Waals surface area contributed by atoms with Crippen LogP contribution in [0.4, 0.5) is 0 Å². The number of rotatable bonds is 7. The van der Waals surface area contributed by atoms with Crippen LogP contribution < -0.4 is 5.32 Å². The van der Waals surface area contributed by atoms with Crippen molar-refractivity contribution in [3.05, 3.63) is 18.0 Å². The second kappa shape index (κ2) is 4.81. The minimum absolute atomic E-state index is 0.966. The van der Waals surface area contributed by atoms with Gasteiger partial charge >= 0.3 is 0 Å². The summed E-state index contributed by atoms with van der Waals surface area (Å²) in [6, 6.07) is 2.12. The second-order valence-corrected chi connectivity index (χ2v) is 5.61. The first-order chi connectivity index (χ1) is 8.38. The van der Waals surface area contributed by atoms with E-state index in [-0.39, 0.29) is 0 Å². The van der Waals surface area contributed by atoms with Crippen molar-refractivity contribution in [1.29, 1.82) is 0 Å². The molecule has 17 heavy (non-hydrogen) atoms. The first kappa shape index (κ1) is 11.3. The van der Waals surface area contributed by atoms with E-state index in [1.54, 1.807) is 0 Å². The fraction of sp³-hybridized carbons (Fsp3) is 0.786. The van der Waals surface area contributed by atoms with Crippen LogP contribution in [0.2, 0.25) is 0 Å². The Bertz CT molecular complexity index is 351. The highest BCUT2D eigenvalue weighted by molar-refractivity contribution is 5.00. The molecule has 0 atom stereocenters. The molecule has 0 saturated heterocycles. The zero-order chi connectivity index (χ0) is 11.7. The average molecular weight is 233 g/mol. The summed E-state index contributed by atoms with van der Waals surface area (Å²) in [6.45, 7) is 5.31. The summed E-state index contributed by atoms with van der Waals surface area (Å²) in [7, 11) is 0. The number of nitrogens with zero attached hydrogens (tertiary/aromatic N) is 2. The van der Waals surface area contributed by atoms with Crippen molar-refractivity contribution in [2.24, 2.45) is 17.8 Å². The lowest BCUT2D eigenvalue weighted by Crippen LogP contribution is -2.26. The van der Waals surface area contributed by atoms with Crippen LogP contribution in [0.5, 0.6) is 0 Å². The maximum Gasteiger partial charge on any atom is 0.0521 e. The molecule has 2 aliphatic carbocycles. The van der Waals surface area contributed by atoms with Gasteiger partial charge in [-0.2, -0.15) is 5.10 Å². The Morgan fingerprint density at radius 2 is 2.06 bits per heavy atom. The van der Waals surface area contributed by atoms with Gasteiger partial charge in [-0.25, -0.2) is 0 Å². The normalized spacial score (nSPS) is 20.1. The number of aryl methyl sites for hydroxylation is 1. The minimum atomic E-state index is 0.966. The van der Waals surface area contributed by atoms with Gasteiger partial charge in [-0.1, -0.05) is 0 Å². The van der Waals surface area contributed by atoms with Gasteiger partial charge in [0.05, 0.1) is 5.69 Å². The molecule has 0 aliphatic heterocycles. The Morgan fingerprint density at radius 3 is 2.65 bits per heavy atom. The van der Waals surface area contributed by atoms with Crippen molar-refractivity contribution in [2.75, 3.05) is 6.54 Å². The Labute approximate surface area is 104 Å². The molecule has 0 radical (unpaired) electrons. The van der Waals surface area contributed by atoms with Crippen molar-refractivity contribution < 1.29 is 0 Å². The highest BCUT2D eigenvalue weighted by Crippen LogP contribution is 2.48. The summed E-state index contributed by atoms with van der Waals surface area (Å²) in [5, 5.41) is 7.95. The summed E-state index contributed by atoms with van der Waals surface area (Å²) >= 11 is 0. The standard InChI is InChI=1S/C14H23N3/c1-2-17-13(7-8-16-17)9-15-10-14(11-3-4-11)12-5-6-12/h7-8,11-12,14-15H,2-6,9-10H2,1H3. The quantitative estimate of drug-likeness (QED) is 0.784. The molecule has 0 aromatic carbocycles. The van der Waals surface area contributed by atoms with E-state index in [1.807, 2.05) is 6.20 Å². The molecule has 1 heterocycles. The van der Waals surface area contributed by atoms with Gasteiger partial charge in [0.2, 0.25) is 0 Å². The van der Waals surface area contributed by atoms with Crippen molar-refractivity contribution >= 4 is 0 Å². The van der Waals surface area contributed by atoms with E-state index in [4.69, 9.17) is 0 Å². The smallest absolute Gasteiger partial charge is 0.0521 e. The van der Waals surface area contributed by atoms with Crippen molar-refractivity contribution in [3.63, 3.8) is 0 Å². The van der Waals surface area contributed by atoms with Gasteiger partial charge in [-0.3, -0.25) is 4.68 Å². The molecule has 1 N–H and O–H groups in total. The summed E-state index contributed by atoms with van der Waals surface area (Å²) < 4.78 is 2.08. The maximum absolute atomic E-state index is 4.30. The predicted molar refractivity (Wildman–Crippen MR) is 68.5 cm³/mol. The molecule has 0 spiro atoms. The largest absolute Gasteiger partial charge is 0.311 e. The molecule has 3 nitrogen and oxygen atoms in total. The summed E-state index contributed by atoms with van der Waals surface area (Å²) in [4.78, 5) is 0. The van der Waals surface area contributed by atoms with Crippen LogP contribution in [0, 0.1) is 17.8 Å². The van der Waals surface area contributed by atoms with Gasteiger partial charge in [-0.15, -0.1) is 0 Å². The van der Waals surface area contributed by atoms with Gasteiger partial charge in [0.15, 0.2) is 0 Å². The van der Waals surface area contributed by atoms with Crippen molar-refractivity contribution in [3.8, 4) is 0 Å². The average Bonchev–Trinajstić information content (AvgIpc) is 3.24. The molecule has 3 rings (SSSR count). The molecule has 94 valence electrons. The number of nitrogens with one attached hydrogen (secondary N) is 1. The van der Waals surface area contributed by atoms with Crippen molar-refractivity contribution in [1.82, 2.24) is 15.1 Å². The molecule has 0 bridgehead atoms. The lowest BCUT2D eigenvalue weighted by Gasteiger charge is -2.16. The fourth-order valence-corrected chi connectivity index (χ4v) is 2.93. The molecule has 1 aromatic heterocycles. The van der Waals surface area contributed by atoms with Crippen LogP contribution in [-0.4, -0.2) is 16.3 Å². The third-order valence-corrected chi connectivity index (χ3v) is 4.25. The molecule has 3 heteroatoms. The molecular weight excluding hydrogens is 210 g/mol. The Hall–Kier alpha value is -0.830. The molecule has 0 amide bonds. The maximum atomic E-state index is 4.30. The number of hydrogen-bond donors (Lipinski definition) is 1. The molecule has 0 unspecified atom stereocenters. The fourth-order valence-electron chi connectivity index (χ4n) is 2.93. The van der Waals surface area contributed by atoms with Crippen LogP contribution in [-0.2, 0) is 13.1 Å². The van der Waals surface area contributed by atoms with Gasteiger partial charge in [0.25, 0.3) is 0 Å². The van der Waals surface area contributed by atoms with E-state index in [1.165, 1.54) is 37.9 Å². The highest BCUT2D eigenvalue weighted by Gasteiger charge is 2.40. The molecular formula is C14H23N3. The van der Waals surface area contributed by atoms with Crippen LogP contribution in [0.15, 0.2) is 12.3 Å². The third kappa shape index (κ3) is 2.71. The van der Waals surface area contributed by atoms with Crippen LogP contribution in [0.25, 0.3) is 0 Å². The van der Waals surface area contributed by atoms with E-state index < -0.39 is 0 Å². The van der Waals surface area contributed by atoms with E-state index >= 15 is 0 Å². The SMILES string of the molecule is CCn1nccc1CNCC(C1CC1)C1CC1. The van der Waals surface area contributed by atoms with E-state index in [2.05, 4.69) is 28.1 Å². The van der Waals surface area contributed by atoms with Crippen LogP contribution in [0.3, 0.4) is 0 Å². The minimum Gasteiger partial charge on any atom is -0.311 e. The highest BCUT2D eigenvalue weighted by atomic mass is 15.3. The Balaban J connectivity index is 1.47. The summed E-state index contributed by atoms with van der Waals surface area (Å²) in [6.07, 6.45) is 7.83. The third-order valence-electron chi connectivity index (χ3n) is 4.25. The van der Waals surface area contributed by atoms with Gasteiger partial charge in [0.1, 0.15) is 0 Å². The Morgan fingerprint density at radius 1 is 1.35 bits per heavy atom. The lowest BCUT2D eigenvalue weighted by atomic mass is 9.98. The molecule has 1 aromatic rings. The molecule has 2 fully saturated rings. The van der Waals surface area contributed by atoms with Gasteiger partial charge in [-0.05, 0) is 63.0 Å². The topological polar surface area (TPSA) is 29.9 Å². The second-order valence-electron chi connectivity index (χ2n) is 5.61. The van der Waals surface area contributed by atoms with Crippen molar-refractivity contribution in [2.45, 2.75) is 45.7 Å². The first-order valence-corrected chi connectivity index (χ1v) is 7.10. The molecule has 2 aliphatic rings. The van der Waals surface area contributed by atoms with E-state index in [9.17, 15) is 0 Å². The monoisotopic (exact) mass is 233 g/mol. The van der Waals surface area contributed by atoms with E-state index in [0.717, 1.165) is 30.8 Å². The molecule has 2 saturated carbocycles. The van der Waals surface area contributed by atoms with E-state index in [0.29, 0.717) is 0 Å². The lowest BCUT2D eigenvalue weighted by molar-refractivity contribution is 0.375. The van der Waals surface area contributed by atoms with Crippen LogP contribution in [0.1, 0.15) is 38.3 Å². The van der Waals surface area contributed by atoms with Crippen LogP contribution >= 0.6 is 0 Å². The Kier molecular flexibility index (Phi) is 3.19. The zero-order valence-corrected chi connectivity index (χ0v) is 10.7.